The Morgan fingerprint density at radius 3 is 1.77 bits per heavy atom. The minimum absolute atomic E-state index is 0.164. The van der Waals surface area contributed by atoms with Crippen molar-refractivity contribution in [3.63, 3.8) is 0 Å². The highest BCUT2D eigenvalue weighted by Gasteiger charge is 2.26. The van der Waals surface area contributed by atoms with E-state index in [1.807, 2.05) is 40.7 Å². The van der Waals surface area contributed by atoms with Gasteiger partial charge in [-0.3, -0.25) is 0 Å². The molecule has 2 rings (SSSR count). The van der Waals surface area contributed by atoms with E-state index in [-0.39, 0.29) is 22.0 Å². The van der Waals surface area contributed by atoms with Crippen LogP contribution in [0.3, 0.4) is 0 Å². The molecule has 0 aromatic heterocycles. The minimum atomic E-state index is -3.64. The molecule has 0 spiro atoms. The van der Waals surface area contributed by atoms with E-state index < -0.39 is 24.9 Å². The molecule has 0 bridgehead atoms. The molecule has 0 N–H and O–H groups in total. The summed E-state index contributed by atoms with van der Waals surface area (Å²) in [4.78, 5) is 0.549. The predicted octanol–water partition coefficient (Wildman–Crippen LogP) is 6.95. The Morgan fingerprint density at radius 2 is 1.26 bits per heavy atom. The zero-order chi connectivity index (χ0) is 26.2. The van der Waals surface area contributed by atoms with E-state index in [0.717, 1.165) is 35.1 Å². The highest BCUT2D eigenvalue weighted by molar-refractivity contribution is 7.92. The summed E-state index contributed by atoms with van der Waals surface area (Å²) in [7, 11) is -7.13. The third-order valence-electron chi connectivity index (χ3n) is 5.86. The Balaban J connectivity index is 2.32. The van der Waals surface area contributed by atoms with Crippen molar-refractivity contribution in [2.24, 2.45) is 0 Å². The zero-order valence-corrected chi connectivity index (χ0v) is 23.3. The lowest BCUT2D eigenvalue weighted by Gasteiger charge is -2.17. The van der Waals surface area contributed by atoms with Gasteiger partial charge in [-0.15, -0.1) is 0 Å². The number of rotatable bonds is 11. The molecule has 2 aromatic rings. The summed E-state index contributed by atoms with van der Waals surface area (Å²) in [6.07, 6.45) is 7.47. The van der Waals surface area contributed by atoms with Crippen LogP contribution in [0.25, 0.3) is 0 Å². The molecule has 0 fully saturated rings. The van der Waals surface area contributed by atoms with Crippen LogP contribution in [0.1, 0.15) is 58.1 Å². The summed E-state index contributed by atoms with van der Waals surface area (Å²) in [6, 6.07) is 13.6. The van der Waals surface area contributed by atoms with Gasteiger partial charge in [0.05, 0.1) is 20.8 Å². The van der Waals surface area contributed by atoms with Gasteiger partial charge in [0.25, 0.3) is 0 Å². The molecule has 35 heavy (non-hydrogen) atoms. The first-order valence-corrected chi connectivity index (χ1v) is 15.1. The summed E-state index contributed by atoms with van der Waals surface area (Å²) in [5, 5.41) is -0.768. The van der Waals surface area contributed by atoms with E-state index >= 15 is 0 Å². The lowest BCUT2D eigenvalue weighted by Crippen LogP contribution is -2.20. The smallest absolute Gasteiger partial charge is 0.185 e. The van der Waals surface area contributed by atoms with Crippen molar-refractivity contribution in [3.05, 3.63) is 94.6 Å². The van der Waals surface area contributed by atoms with E-state index in [0.29, 0.717) is 0 Å². The third-order valence-corrected chi connectivity index (χ3v) is 9.49. The third kappa shape index (κ3) is 8.93. The van der Waals surface area contributed by atoms with Gasteiger partial charge in [-0.1, -0.05) is 70.3 Å². The predicted molar refractivity (Wildman–Crippen MR) is 146 cm³/mol. The van der Waals surface area contributed by atoms with Crippen LogP contribution < -0.4 is 0 Å². The number of sulfone groups is 2. The summed E-state index contributed by atoms with van der Waals surface area (Å²) in [5.74, 6) is -0.164. The molecule has 0 saturated heterocycles. The fraction of sp³-hybridized carbons (Fsp3) is 0.379. The maximum absolute atomic E-state index is 13.5. The van der Waals surface area contributed by atoms with E-state index in [9.17, 15) is 16.8 Å². The molecule has 4 nitrogen and oxygen atoms in total. The van der Waals surface area contributed by atoms with Gasteiger partial charge in [0.15, 0.2) is 19.7 Å². The SMILES string of the molecule is CC(C)=CCCC(C)=CC(CC(C)=CCS(=O)(=O)c1ccc(C)cc1)S(=O)(=O)c1ccc(C)cc1. The van der Waals surface area contributed by atoms with Crippen LogP contribution in [0.5, 0.6) is 0 Å². The van der Waals surface area contributed by atoms with E-state index in [1.54, 1.807) is 61.5 Å². The monoisotopic (exact) mass is 514 g/mol. The molecule has 0 aliphatic carbocycles. The van der Waals surface area contributed by atoms with Gasteiger partial charge in [0.1, 0.15) is 0 Å². The van der Waals surface area contributed by atoms with Crippen LogP contribution in [0.4, 0.5) is 0 Å². The van der Waals surface area contributed by atoms with Crippen molar-refractivity contribution < 1.29 is 16.8 Å². The molecule has 0 aliphatic rings. The second kappa shape index (κ2) is 12.5. The topological polar surface area (TPSA) is 68.3 Å². The van der Waals surface area contributed by atoms with Gasteiger partial charge in [-0.25, -0.2) is 16.8 Å². The normalized spacial score (nSPS) is 14.0. The summed E-state index contributed by atoms with van der Waals surface area (Å²) < 4.78 is 52.6. The van der Waals surface area contributed by atoms with Gasteiger partial charge in [0.2, 0.25) is 0 Å². The molecule has 2 aromatic carbocycles. The molecular formula is C29H38O4S2. The Labute approximate surface area is 212 Å². The minimum Gasteiger partial charge on any atom is -0.223 e. The maximum atomic E-state index is 13.5. The van der Waals surface area contributed by atoms with Crippen molar-refractivity contribution in [3.8, 4) is 0 Å². The molecule has 0 amide bonds. The first kappa shape index (κ1) is 28.8. The molecule has 0 heterocycles. The molecule has 1 atom stereocenters. The standard InChI is InChI=1S/C29H38O4S2/c1-22(2)8-7-9-25(5)20-29(35(32,33)28-16-12-24(4)13-17-28)21-26(6)18-19-34(30,31)27-14-10-23(3)11-15-27/h8,10-18,20,29H,7,9,19,21H2,1-6H3. The van der Waals surface area contributed by atoms with Crippen molar-refractivity contribution in [2.45, 2.75) is 75.8 Å². The highest BCUT2D eigenvalue weighted by Crippen LogP contribution is 2.25. The molecule has 190 valence electrons. The molecule has 0 aliphatic heterocycles. The fourth-order valence-electron chi connectivity index (χ4n) is 3.64. The number of benzene rings is 2. The number of hydrogen-bond acceptors (Lipinski definition) is 4. The lowest BCUT2D eigenvalue weighted by atomic mass is 10.1. The quantitative estimate of drug-likeness (QED) is 0.304. The van der Waals surface area contributed by atoms with Crippen LogP contribution in [0, 0.1) is 13.8 Å². The molecule has 0 saturated carbocycles. The van der Waals surface area contributed by atoms with Gasteiger partial charge < -0.3 is 0 Å². The Bertz CT molecular complexity index is 1290. The van der Waals surface area contributed by atoms with Gasteiger partial charge >= 0.3 is 0 Å². The Kier molecular flexibility index (Phi) is 10.3. The van der Waals surface area contributed by atoms with E-state index in [4.69, 9.17) is 0 Å². The van der Waals surface area contributed by atoms with Crippen molar-refractivity contribution in [1.29, 1.82) is 0 Å². The average molecular weight is 515 g/mol. The van der Waals surface area contributed by atoms with Gasteiger partial charge in [0, 0.05) is 0 Å². The second-order valence-corrected chi connectivity index (χ2v) is 13.8. The average Bonchev–Trinajstić information content (AvgIpc) is 2.77. The Morgan fingerprint density at radius 1 is 0.743 bits per heavy atom. The maximum Gasteiger partial charge on any atom is 0.185 e. The van der Waals surface area contributed by atoms with Crippen LogP contribution in [0.15, 0.2) is 93.3 Å². The molecule has 0 radical (unpaired) electrons. The van der Waals surface area contributed by atoms with Crippen molar-refractivity contribution >= 4 is 19.7 Å². The fourth-order valence-corrected chi connectivity index (χ4v) is 6.65. The number of allylic oxidation sites excluding steroid dienone is 4. The summed E-state index contributed by atoms with van der Waals surface area (Å²) in [5.41, 5.74) is 4.95. The van der Waals surface area contributed by atoms with Crippen molar-refractivity contribution in [2.75, 3.05) is 5.75 Å². The van der Waals surface area contributed by atoms with Gasteiger partial charge in [-0.2, -0.15) is 0 Å². The van der Waals surface area contributed by atoms with Crippen LogP contribution in [-0.4, -0.2) is 27.8 Å². The van der Waals surface area contributed by atoms with Crippen molar-refractivity contribution in [1.82, 2.24) is 0 Å². The lowest BCUT2D eigenvalue weighted by molar-refractivity contribution is 0.587. The van der Waals surface area contributed by atoms with Crippen LogP contribution in [0.2, 0.25) is 0 Å². The first-order valence-electron chi connectivity index (χ1n) is 11.9. The van der Waals surface area contributed by atoms with Crippen LogP contribution >= 0.6 is 0 Å². The summed E-state index contributed by atoms with van der Waals surface area (Å²) >= 11 is 0. The Hall–Kier alpha value is -2.44. The van der Waals surface area contributed by atoms with Crippen LogP contribution in [-0.2, 0) is 19.7 Å². The van der Waals surface area contributed by atoms with Gasteiger partial charge in [-0.05, 0) is 85.1 Å². The number of hydrogen-bond donors (Lipinski definition) is 0. The first-order chi connectivity index (χ1) is 16.3. The molecule has 6 heteroatoms. The van der Waals surface area contributed by atoms with E-state index in [2.05, 4.69) is 6.08 Å². The summed E-state index contributed by atoms with van der Waals surface area (Å²) in [6.45, 7) is 11.7. The number of aryl methyl sites for hydroxylation is 2. The van der Waals surface area contributed by atoms with E-state index in [1.165, 1.54) is 5.57 Å². The largest absolute Gasteiger partial charge is 0.223 e. The zero-order valence-electron chi connectivity index (χ0n) is 21.7. The molecular weight excluding hydrogens is 476 g/mol. The molecule has 1 unspecified atom stereocenters. The second-order valence-electron chi connectivity index (χ2n) is 9.58. The highest BCUT2D eigenvalue weighted by atomic mass is 32.2.